The first-order valence-electron chi connectivity index (χ1n) is 15.6. The van der Waals surface area contributed by atoms with Crippen molar-refractivity contribution in [3.8, 4) is 0 Å². The Kier molecular flexibility index (Phi) is 9.10. The highest BCUT2D eigenvalue weighted by molar-refractivity contribution is 6.31. The number of halogens is 3. The van der Waals surface area contributed by atoms with Crippen molar-refractivity contribution in [1.29, 1.82) is 0 Å². The summed E-state index contributed by atoms with van der Waals surface area (Å²) in [4.78, 5) is 44.3. The Bertz CT molecular complexity index is 1480. The number of hydrogen-bond acceptors (Lipinski definition) is 4. The van der Waals surface area contributed by atoms with Gasteiger partial charge in [-0.3, -0.25) is 4.79 Å². The largest absolute Gasteiger partial charge is 0.444 e. The van der Waals surface area contributed by atoms with E-state index in [2.05, 4.69) is 31.4 Å². The Morgan fingerprint density at radius 2 is 1.78 bits per heavy atom. The van der Waals surface area contributed by atoms with Gasteiger partial charge < -0.3 is 25.2 Å². The van der Waals surface area contributed by atoms with Gasteiger partial charge in [0.2, 0.25) is 5.91 Å². The molecule has 4 amide bonds. The van der Waals surface area contributed by atoms with E-state index in [1.54, 1.807) is 34.1 Å². The van der Waals surface area contributed by atoms with Gasteiger partial charge in [-0.25, -0.2) is 14.0 Å². The van der Waals surface area contributed by atoms with E-state index in [0.29, 0.717) is 55.2 Å². The van der Waals surface area contributed by atoms with Gasteiger partial charge in [-0.05, 0) is 81.0 Å². The Morgan fingerprint density at radius 3 is 2.42 bits per heavy atom. The first-order chi connectivity index (χ1) is 21.0. The number of nitrogens with one attached hydrogen (secondary N) is 2. The lowest BCUT2D eigenvalue weighted by molar-refractivity contribution is -0.123. The summed E-state index contributed by atoms with van der Waals surface area (Å²) < 4.78 is 21.5. The molecule has 244 valence electrons. The molecule has 2 saturated heterocycles. The van der Waals surface area contributed by atoms with E-state index < -0.39 is 22.9 Å². The minimum absolute atomic E-state index is 0.0752. The Labute approximate surface area is 274 Å². The molecule has 5 rings (SSSR count). The molecule has 1 spiro atoms. The molecule has 0 bridgehead atoms. The molecule has 2 aromatic carbocycles. The number of carbonyl (C=O) groups is 3. The summed E-state index contributed by atoms with van der Waals surface area (Å²) in [6, 6.07) is 8.64. The number of hydrogen-bond donors (Lipinski definition) is 2. The molecule has 3 heterocycles. The van der Waals surface area contributed by atoms with Crippen LogP contribution < -0.4 is 10.6 Å². The highest BCUT2D eigenvalue weighted by Crippen LogP contribution is 2.60. The maximum absolute atomic E-state index is 16.0. The molecule has 0 aliphatic carbocycles. The van der Waals surface area contributed by atoms with Gasteiger partial charge in [-0.2, -0.15) is 0 Å². The van der Waals surface area contributed by atoms with E-state index in [0.717, 1.165) is 0 Å². The Balaban J connectivity index is 1.45. The standard InChI is InChI=1S/C34H43Cl2FN4O4/c1-32(2,3)17-21-19-41(30(43)38-18-20-12-14-40(15-13-20)31(44)45-33(4,5)6)28(23-8-7-9-25(36)27(23)37)34(21)24-11-10-22(35)16-26(24)39-29(34)42/h7-11,16,20-21,28H,12-15,17-19H2,1-6H3,(H,38,43)(H,39,42)/t21-,28-,34?/m1/s1. The lowest BCUT2D eigenvalue weighted by atomic mass is 9.63. The van der Waals surface area contributed by atoms with Gasteiger partial charge >= 0.3 is 12.1 Å². The van der Waals surface area contributed by atoms with Gasteiger partial charge in [0, 0.05) is 42.5 Å². The molecule has 11 heteroatoms. The van der Waals surface area contributed by atoms with E-state index in [4.69, 9.17) is 27.9 Å². The Hall–Kier alpha value is -3.04. The summed E-state index contributed by atoms with van der Waals surface area (Å²) >= 11 is 12.6. The molecule has 2 aromatic rings. The molecule has 8 nitrogen and oxygen atoms in total. The van der Waals surface area contributed by atoms with Gasteiger partial charge in [-0.1, -0.05) is 62.2 Å². The lowest BCUT2D eigenvalue weighted by Crippen LogP contribution is -2.49. The molecule has 0 radical (unpaired) electrons. The van der Waals surface area contributed by atoms with Crippen molar-refractivity contribution in [3.63, 3.8) is 0 Å². The summed E-state index contributed by atoms with van der Waals surface area (Å²) in [6.45, 7) is 13.5. The number of nitrogens with zero attached hydrogens (tertiary/aromatic N) is 2. The lowest BCUT2D eigenvalue weighted by Gasteiger charge is -2.38. The number of benzene rings is 2. The van der Waals surface area contributed by atoms with Gasteiger partial charge in [-0.15, -0.1) is 0 Å². The molecule has 0 aromatic heterocycles. The summed E-state index contributed by atoms with van der Waals surface area (Å²) in [5.74, 6) is -1.12. The molecule has 45 heavy (non-hydrogen) atoms. The molecule has 3 atom stereocenters. The van der Waals surface area contributed by atoms with E-state index in [-0.39, 0.29) is 52.4 Å². The van der Waals surface area contributed by atoms with Crippen LogP contribution in [0.5, 0.6) is 0 Å². The number of ether oxygens (including phenoxy) is 1. The SMILES string of the molecule is CC(C)(C)C[C@@H]1CN(C(=O)NCC2CCN(C(=O)OC(C)(C)C)CC2)[C@H](c2cccc(Cl)c2F)C12C(=O)Nc1cc(Cl)ccc12. The van der Waals surface area contributed by atoms with Gasteiger partial charge in [0.25, 0.3) is 0 Å². The fourth-order valence-corrected chi connectivity index (χ4v) is 7.60. The van der Waals surface area contributed by atoms with Crippen LogP contribution in [-0.4, -0.2) is 59.6 Å². The van der Waals surface area contributed by atoms with Crippen LogP contribution in [0.1, 0.15) is 78.0 Å². The maximum atomic E-state index is 16.0. The highest BCUT2D eigenvalue weighted by Gasteiger charge is 2.65. The maximum Gasteiger partial charge on any atom is 0.410 e. The molecule has 0 saturated carbocycles. The Morgan fingerprint density at radius 1 is 1.09 bits per heavy atom. The second-order valence-electron chi connectivity index (χ2n) is 14.8. The smallest absolute Gasteiger partial charge is 0.410 e. The monoisotopic (exact) mass is 660 g/mol. The van der Waals surface area contributed by atoms with Gasteiger partial charge in [0.05, 0.1) is 11.1 Å². The van der Waals surface area contributed by atoms with Crippen molar-refractivity contribution in [1.82, 2.24) is 15.1 Å². The van der Waals surface area contributed by atoms with Crippen molar-refractivity contribution in [3.05, 3.63) is 63.4 Å². The van der Waals surface area contributed by atoms with Crippen LogP contribution in [0.25, 0.3) is 0 Å². The molecule has 1 unspecified atom stereocenters. The third kappa shape index (κ3) is 6.61. The van der Waals surface area contributed by atoms with Crippen LogP contribution in [0.2, 0.25) is 10.0 Å². The number of urea groups is 1. The molecule has 3 aliphatic heterocycles. The number of rotatable bonds is 4. The average molecular weight is 662 g/mol. The normalized spacial score (nSPS) is 23.7. The first-order valence-corrected chi connectivity index (χ1v) is 16.3. The zero-order chi connectivity index (χ0) is 32.9. The van der Waals surface area contributed by atoms with E-state index in [1.807, 2.05) is 26.8 Å². The predicted molar refractivity (Wildman–Crippen MR) is 174 cm³/mol. The summed E-state index contributed by atoms with van der Waals surface area (Å²) in [7, 11) is 0. The third-order valence-electron chi connectivity index (χ3n) is 9.06. The van der Waals surface area contributed by atoms with Gasteiger partial charge in [0.15, 0.2) is 0 Å². The van der Waals surface area contributed by atoms with E-state index in [9.17, 15) is 14.4 Å². The van der Waals surface area contributed by atoms with Crippen LogP contribution in [0, 0.1) is 23.1 Å². The van der Waals surface area contributed by atoms with Crippen molar-refractivity contribution in [2.75, 3.05) is 31.5 Å². The van der Waals surface area contributed by atoms with Crippen molar-refractivity contribution < 1.29 is 23.5 Å². The number of amides is 4. The molecular formula is C34H43Cl2FN4O4. The topological polar surface area (TPSA) is 91.0 Å². The van der Waals surface area contributed by atoms with Crippen LogP contribution >= 0.6 is 23.2 Å². The average Bonchev–Trinajstić information content (AvgIpc) is 3.41. The van der Waals surface area contributed by atoms with Crippen molar-refractivity contribution in [2.24, 2.45) is 17.3 Å². The first kappa shape index (κ1) is 33.3. The van der Waals surface area contributed by atoms with Crippen LogP contribution in [-0.2, 0) is 14.9 Å². The van der Waals surface area contributed by atoms with Crippen molar-refractivity contribution in [2.45, 2.75) is 77.9 Å². The number of carbonyl (C=O) groups excluding carboxylic acids is 3. The zero-order valence-corrected chi connectivity index (χ0v) is 28.3. The molecule has 3 aliphatic rings. The van der Waals surface area contributed by atoms with Crippen LogP contribution in [0.3, 0.4) is 0 Å². The quantitative estimate of drug-likeness (QED) is 0.350. The third-order valence-corrected chi connectivity index (χ3v) is 9.59. The second-order valence-corrected chi connectivity index (χ2v) is 15.6. The van der Waals surface area contributed by atoms with Crippen LogP contribution in [0.15, 0.2) is 36.4 Å². The van der Waals surface area contributed by atoms with Gasteiger partial charge in [0.1, 0.15) is 16.8 Å². The molecular weight excluding hydrogens is 618 g/mol. The zero-order valence-electron chi connectivity index (χ0n) is 26.8. The second kappa shape index (κ2) is 12.3. The number of fused-ring (bicyclic) bond motifs is 2. The molecule has 2 N–H and O–H groups in total. The number of piperidine rings is 1. The minimum atomic E-state index is -1.27. The highest BCUT2D eigenvalue weighted by atomic mass is 35.5. The van der Waals surface area contributed by atoms with Crippen molar-refractivity contribution >= 4 is 46.9 Å². The molecule has 2 fully saturated rings. The summed E-state index contributed by atoms with van der Waals surface area (Å²) in [5.41, 5.74) is -0.577. The number of anilines is 1. The fraction of sp³-hybridized carbons (Fsp3) is 0.559. The minimum Gasteiger partial charge on any atom is -0.444 e. The summed E-state index contributed by atoms with van der Waals surface area (Å²) in [6.07, 6.45) is 1.69. The predicted octanol–water partition coefficient (Wildman–Crippen LogP) is 7.79. The fourth-order valence-electron chi connectivity index (χ4n) is 7.25. The summed E-state index contributed by atoms with van der Waals surface area (Å²) in [5, 5.41) is 6.50. The van der Waals surface area contributed by atoms with E-state index in [1.165, 1.54) is 6.07 Å². The number of likely N-dealkylation sites (tertiary alicyclic amines) is 2. The van der Waals surface area contributed by atoms with Crippen LogP contribution in [0.4, 0.5) is 19.7 Å². The van der Waals surface area contributed by atoms with E-state index >= 15 is 4.39 Å².